The Morgan fingerprint density at radius 2 is 1.20 bits per heavy atom. The average molecular weight is 641 g/mol. The fourth-order valence-corrected chi connectivity index (χ4v) is 8.80. The molecule has 0 radical (unpaired) electrons. The van der Waals surface area contributed by atoms with Gasteiger partial charge in [-0.25, -0.2) is 0 Å². The molecule has 50 heavy (non-hydrogen) atoms. The van der Waals surface area contributed by atoms with Gasteiger partial charge in [0.05, 0.1) is 10.8 Å². The molecule has 1 aliphatic heterocycles. The topological polar surface area (TPSA) is 9.23 Å². The highest BCUT2D eigenvalue weighted by Crippen LogP contribution is 2.63. The highest BCUT2D eigenvalue weighted by molar-refractivity contribution is 6.05. The van der Waals surface area contributed by atoms with E-state index in [0.29, 0.717) is 0 Å². The van der Waals surface area contributed by atoms with Crippen LogP contribution in [-0.2, 0) is 10.8 Å². The molecule has 2 unspecified atom stereocenters. The summed E-state index contributed by atoms with van der Waals surface area (Å²) in [6.45, 7) is 6.40. The van der Waals surface area contributed by atoms with Crippen LogP contribution < -0.4 is 4.74 Å². The first-order valence-corrected chi connectivity index (χ1v) is 17.3. The monoisotopic (exact) mass is 640 g/mol. The van der Waals surface area contributed by atoms with Crippen LogP contribution in [0.5, 0.6) is 11.5 Å². The standard InChI is InChI=1S/C49H36O/c1-3-4-7-27-42(40-26-18-31-45-47(40)48(2,35-20-8-5-9-21-35)43-29-16-17-30-44(43)50-45)49(36-22-10-6-11-23-36)41-28-15-14-25-38(41)39-33-32-34-19-12-13-24-37(34)46(39)49/h3-33H,1H2,2H3/b7-4-,42-27+. The van der Waals surface area contributed by atoms with E-state index >= 15 is 0 Å². The Balaban J connectivity index is 1.47. The van der Waals surface area contributed by atoms with Crippen molar-refractivity contribution in [3.63, 3.8) is 0 Å². The van der Waals surface area contributed by atoms with Gasteiger partial charge in [-0.05, 0) is 74.3 Å². The van der Waals surface area contributed by atoms with Crippen LogP contribution in [0, 0.1) is 0 Å². The van der Waals surface area contributed by atoms with E-state index in [1.165, 1.54) is 49.7 Å². The number of allylic oxidation sites excluding steroid dienone is 5. The van der Waals surface area contributed by atoms with Gasteiger partial charge in [-0.3, -0.25) is 0 Å². The first-order valence-electron chi connectivity index (χ1n) is 17.3. The summed E-state index contributed by atoms with van der Waals surface area (Å²) in [7, 11) is 0. The maximum atomic E-state index is 6.86. The van der Waals surface area contributed by atoms with Gasteiger partial charge in [0, 0.05) is 11.1 Å². The molecular weight excluding hydrogens is 605 g/mol. The van der Waals surface area contributed by atoms with Crippen molar-refractivity contribution in [2.24, 2.45) is 0 Å². The number of rotatable bonds is 6. The Kier molecular flexibility index (Phi) is 7.03. The minimum Gasteiger partial charge on any atom is -0.457 e. The summed E-state index contributed by atoms with van der Waals surface area (Å²) in [4.78, 5) is 0. The molecule has 0 fully saturated rings. The number of hydrogen-bond donors (Lipinski definition) is 0. The van der Waals surface area contributed by atoms with Gasteiger partial charge in [0.1, 0.15) is 11.5 Å². The zero-order chi connectivity index (χ0) is 33.7. The molecule has 1 heterocycles. The predicted molar refractivity (Wildman–Crippen MR) is 208 cm³/mol. The molecule has 1 heteroatoms. The Morgan fingerprint density at radius 1 is 0.540 bits per heavy atom. The number of ether oxygens (including phenoxy) is 1. The summed E-state index contributed by atoms with van der Waals surface area (Å²) in [5, 5.41) is 2.47. The normalized spacial score (nSPS) is 18.9. The van der Waals surface area contributed by atoms with E-state index < -0.39 is 10.8 Å². The minimum absolute atomic E-state index is 0.513. The van der Waals surface area contributed by atoms with Crippen LogP contribution in [0.1, 0.15) is 45.9 Å². The summed E-state index contributed by atoms with van der Waals surface area (Å²) in [5.74, 6) is 1.76. The van der Waals surface area contributed by atoms with Crippen molar-refractivity contribution < 1.29 is 4.74 Å². The highest BCUT2D eigenvalue weighted by atomic mass is 16.5. The predicted octanol–water partition coefficient (Wildman–Crippen LogP) is 12.4. The zero-order valence-corrected chi connectivity index (χ0v) is 28.0. The van der Waals surface area contributed by atoms with Crippen molar-refractivity contribution in [3.05, 3.63) is 234 Å². The molecule has 238 valence electrons. The summed E-state index contributed by atoms with van der Waals surface area (Å²) in [6.07, 6.45) is 8.35. The lowest BCUT2D eigenvalue weighted by Gasteiger charge is -2.43. The van der Waals surface area contributed by atoms with E-state index in [1.807, 2.05) is 12.2 Å². The molecule has 7 aromatic carbocycles. The zero-order valence-electron chi connectivity index (χ0n) is 28.0. The third-order valence-corrected chi connectivity index (χ3v) is 10.9. The van der Waals surface area contributed by atoms with E-state index in [-0.39, 0.29) is 0 Å². The van der Waals surface area contributed by atoms with Crippen LogP contribution in [-0.4, -0.2) is 0 Å². The fraction of sp³-hybridized carbons (Fsp3) is 0.0612. The van der Waals surface area contributed by atoms with E-state index in [9.17, 15) is 0 Å². The second-order valence-corrected chi connectivity index (χ2v) is 13.3. The minimum atomic E-state index is -0.663. The van der Waals surface area contributed by atoms with Gasteiger partial charge in [-0.2, -0.15) is 0 Å². The molecule has 9 rings (SSSR count). The van der Waals surface area contributed by atoms with Crippen molar-refractivity contribution in [3.8, 4) is 22.6 Å². The Hall–Kier alpha value is -6.18. The third-order valence-electron chi connectivity index (χ3n) is 10.9. The number of para-hydroxylation sites is 1. The molecular formula is C49H36O. The van der Waals surface area contributed by atoms with Gasteiger partial charge >= 0.3 is 0 Å². The molecule has 0 saturated heterocycles. The van der Waals surface area contributed by atoms with Crippen LogP contribution in [0.25, 0.3) is 27.5 Å². The lowest BCUT2D eigenvalue weighted by molar-refractivity contribution is 0.426. The van der Waals surface area contributed by atoms with Gasteiger partial charge in [0.2, 0.25) is 0 Å². The van der Waals surface area contributed by atoms with Crippen LogP contribution in [0.4, 0.5) is 0 Å². The van der Waals surface area contributed by atoms with Gasteiger partial charge in [-0.15, -0.1) is 0 Å². The maximum absolute atomic E-state index is 6.86. The Bertz CT molecular complexity index is 2490. The Labute approximate surface area is 294 Å². The molecule has 7 aromatic rings. The van der Waals surface area contributed by atoms with E-state index in [4.69, 9.17) is 4.74 Å². The van der Waals surface area contributed by atoms with Gasteiger partial charge < -0.3 is 4.74 Å². The second kappa shape index (κ2) is 11.8. The lowest BCUT2D eigenvalue weighted by atomic mass is 9.61. The summed E-state index contributed by atoms with van der Waals surface area (Å²) >= 11 is 0. The summed E-state index contributed by atoms with van der Waals surface area (Å²) in [5.41, 5.74) is 11.0. The van der Waals surface area contributed by atoms with E-state index in [0.717, 1.165) is 28.2 Å². The number of hydrogen-bond acceptors (Lipinski definition) is 1. The van der Waals surface area contributed by atoms with Gasteiger partial charge in [-0.1, -0.05) is 183 Å². The molecule has 0 bridgehead atoms. The van der Waals surface area contributed by atoms with E-state index in [2.05, 4.69) is 189 Å². The maximum Gasteiger partial charge on any atom is 0.132 e. The molecule has 2 atom stereocenters. The van der Waals surface area contributed by atoms with Crippen molar-refractivity contribution in [1.29, 1.82) is 0 Å². The third kappa shape index (κ3) is 4.20. The van der Waals surface area contributed by atoms with Crippen molar-refractivity contribution >= 4 is 16.3 Å². The molecule has 2 aliphatic rings. The lowest BCUT2D eigenvalue weighted by Crippen LogP contribution is -2.34. The number of fused-ring (bicyclic) bond motifs is 7. The molecule has 0 amide bonds. The van der Waals surface area contributed by atoms with Crippen molar-refractivity contribution in [1.82, 2.24) is 0 Å². The smallest absolute Gasteiger partial charge is 0.132 e. The first-order chi connectivity index (χ1) is 24.7. The van der Waals surface area contributed by atoms with Crippen LogP contribution in [0.3, 0.4) is 0 Å². The fourth-order valence-electron chi connectivity index (χ4n) is 8.80. The van der Waals surface area contributed by atoms with Gasteiger partial charge in [0.15, 0.2) is 0 Å². The molecule has 0 saturated carbocycles. The van der Waals surface area contributed by atoms with Crippen molar-refractivity contribution in [2.45, 2.75) is 17.8 Å². The van der Waals surface area contributed by atoms with Crippen LogP contribution in [0.15, 0.2) is 195 Å². The SMILES string of the molecule is C=C/C=C\C=C(/c1cccc2c1C(C)(c1ccccc1)c1ccccc1O2)C1(c2ccccc2)c2ccccc2-c2ccc3ccccc3c21. The summed E-state index contributed by atoms with van der Waals surface area (Å²) < 4.78 is 6.86. The number of benzene rings is 7. The molecule has 1 nitrogen and oxygen atoms in total. The van der Waals surface area contributed by atoms with Gasteiger partial charge in [0.25, 0.3) is 0 Å². The summed E-state index contributed by atoms with van der Waals surface area (Å²) in [6, 6.07) is 59.5. The molecule has 0 aromatic heterocycles. The van der Waals surface area contributed by atoms with Crippen LogP contribution >= 0.6 is 0 Å². The average Bonchev–Trinajstić information content (AvgIpc) is 3.48. The Morgan fingerprint density at radius 3 is 2.00 bits per heavy atom. The van der Waals surface area contributed by atoms with Crippen LogP contribution in [0.2, 0.25) is 0 Å². The van der Waals surface area contributed by atoms with E-state index in [1.54, 1.807) is 0 Å². The quantitative estimate of drug-likeness (QED) is 0.164. The van der Waals surface area contributed by atoms with Crippen molar-refractivity contribution in [2.75, 3.05) is 0 Å². The molecule has 1 aliphatic carbocycles. The first kappa shape index (κ1) is 29.9. The largest absolute Gasteiger partial charge is 0.457 e. The second-order valence-electron chi connectivity index (χ2n) is 13.3. The highest BCUT2D eigenvalue weighted by Gasteiger charge is 2.51. The molecule has 0 N–H and O–H groups in total. The molecule has 0 spiro atoms.